The van der Waals surface area contributed by atoms with Gasteiger partial charge in [-0.2, -0.15) is 0 Å². The lowest BCUT2D eigenvalue weighted by atomic mass is 9.48. The van der Waals surface area contributed by atoms with Gasteiger partial charge in [-0.15, -0.1) is 0 Å². The van der Waals surface area contributed by atoms with Crippen LogP contribution in [0.5, 0.6) is 0 Å². The van der Waals surface area contributed by atoms with Crippen LogP contribution < -0.4 is 0 Å². The summed E-state index contributed by atoms with van der Waals surface area (Å²) in [5.41, 5.74) is 2.22. The Morgan fingerprint density at radius 3 is 2.06 bits per heavy atom. The van der Waals surface area contributed by atoms with E-state index in [1.165, 1.54) is 37.9 Å². The van der Waals surface area contributed by atoms with Crippen molar-refractivity contribution >= 4 is 25.0 Å². The molecular formula is C28H52O3Si3. The van der Waals surface area contributed by atoms with Gasteiger partial charge < -0.3 is 13.3 Å². The predicted octanol–water partition coefficient (Wildman–Crippen LogP) is 8.34. The third-order valence-electron chi connectivity index (χ3n) is 8.97. The standard InChI is InChI=1S/C28H52O3Si3/c1-27-16-14-21(29-32(3,4)5)18-20(27)12-13-22-23(27)15-17-28(2)24(22)19-25(30-33(6,7)8)26(28)31-34(9,10)11/h12,19,21-24,26H,13-18H2,1-11H3/t21?,22-,23+,24+,26?,27+,28+/m1/s1. The van der Waals surface area contributed by atoms with E-state index in [4.69, 9.17) is 13.3 Å². The molecule has 4 rings (SSSR count). The summed E-state index contributed by atoms with van der Waals surface area (Å²) in [4.78, 5) is 0. The number of fused-ring (bicyclic) bond motifs is 5. The fraction of sp³-hybridized carbons (Fsp3) is 0.857. The molecule has 2 fully saturated rings. The lowest BCUT2D eigenvalue weighted by Crippen LogP contribution is -2.53. The van der Waals surface area contributed by atoms with E-state index in [-0.39, 0.29) is 11.5 Å². The highest BCUT2D eigenvalue weighted by Crippen LogP contribution is 2.65. The van der Waals surface area contributed by atoms with E-state index < -0.39 is 25.0 Å². The molecule has 0 saturated heterocycles. The van der Waals surface area contributed by atoms with Gasteiger partial charge >= 0.3 is 0 Å². The fourth-order valence-corrected chi connectivity index (χ4v) is 10.9. The number of hydrogen-bond donors (Lipinski definition) is 0. The van der Waals surface area contributed by atoms with Gasteiger partial charge in [0.05, 0.1) is 0 Å². The van der Waals surface area contributed by atoms with Crippen molar-refractivity contribution in [1.82, 2.24) is 0 Å². The molecule has 0 N–H and O–H groups in total. The summed E-state index contributed by atoms with van der Waals surface area (Å²) in [7, 11) is -4.91. The Kier molecular flexibility index (Phi) is 6.89. The van der Waals surface area contributed by atoms with Gasteiger partial charge in [-0.25, -0.2) is 0 Å². The van der Waals surface area contributed by atoms with E-state index in [2.05, 4.69) is 84.9 Å². The van der Waals surface area contributed by atoms with E-state index in [9.17, 15) is 0 Å². The van der Waals surface area contributed by atoms with Crippen molar-refractivity contribution in [2.45, 2.75) is 124 Å². The molecule has 3 nitrogen and oxygen atoms in total. The zero-order valence-corrected chi connectivity index (χ0v) is 27.0. The second kappa shape index (κ2) is 8.71. The van der Waals surface area contributed by atoms with Crippen molar-refractivity contribution in [1.29, 1.82) is 0 Å². The van der Waals surface area contributed by atoms with Gasteiger partial charge in [0.1, 0.15) is 11.9 Å². The molecular weight excluding hydrogens is 469 g/mol. The molecule has 6 heteroatoms. The SMILES string of the molecule is C[C@]12CCC(O[Si](C)(C)C)CC1=CC[C@@H]1[C@@H]2CC[C@]2(C)C(O[Si](C)(C)C)C(O[Si](C)(C)C)=C[C@@H]12. The Labute approximate surface area is 213 Å². The number of rotatable bonds is 6. The van der Waals surface area contributed by atoms with Crippen LogP contribution in [0.1, 0.15) is 52.4 Å². The molecule has 0 aromatic carbocycles. The molecule has 0 bridgehead atoms. The van der Waals surface area contributed by atoms with Gasteiger partial charge in [0.2, 0.25) is 8.32 Å². The van der Waals surface area contributed by atoms with E-state index in [0.717, 1.165) is 12.3 Å². The quantitative estimate of drug-likeness (QED) is 0.260. The number of allylic oxidation sites excluding steroid dienone is 2. The number of hydrogen-bond acceptors (Lipinski definition) is 3. The Morgan fingerprint density at radius 1 is 0.824 bits per heavy atom. The van der Waals surface area contributed by atoms with Crippen LogP contribution in [0.3, 0.4) is 0 Å². The Balaban J connectivity index is 1.63. The molecule has 194 valence electrons. The van der Waals surface area contributed by atoms with Crippen LogP contribution in [0.15, 0.2) is 23.5 Å². The van der Waals surface area contributed by atoms with Gasteiger partial charge in [0, 0.05) is 11.5 Å². The molecule has 0 aromatic rings. The van der Waals surface area contributed by atoms with Crippen LogP contribution in [-0.4, -0.2) is 37.2 Å². The van der Waals surface area contributed by atoms with Crippen molar-refractivity contribution in [2.24, 2.45) is 28.6 Å². The minimum atomic E-state index is -1.71. The van der Waals surface area contributed by atoms with Crippen molar-refractivity contribution < 1.29 is 13.3 Å². The molecule has 0 spiro atoms. The smallest absolute Gasteiger partial charge is 0.241 e. The molecule has 34 heavy (non-hydrogen) atoms. The van der Waals surface area contributed by atoms with Crippen molar-refractivity contribution in [3.63, 3.8) is 0 Å². The maximum absolute atomic E-state index is 6.94. The molecule has 7 atom stereocenters. The summed E-state index contributed by atoms with van der Waals surface area (Å²) >= 11 is 0. The second-order valence-corrected chi connectivity index (χ2v) is 28.6. The minimum absolute atomic E-state index is 0.135. The first-order valence-corrected chi connectivity index (χ1v) is 24.1. The molecule has 0 aliphatic heterocycles. The first-order chi connectivity index (χ1) is 15.4. The van der Waals surface area contributed by atoms with Crippen LogP contribution in [0.25, 0.3) is 0 Å². The molecule has 2 unspecified atom stereocenters. The third kappa shape index (κ3) is 5.27. The Morgan fingerprint density at radius 2 is 1.47 bits per heavy atom. The summed E-state index contributed by atoms with van der Waals surface area (Å²) in [6, 6.07) is 0. The largest absolute Gasteiger partial charge is 0.546 e. The Hall–Kier alpha value is -0.149. The zero-order chi connectivity index (χ0) is 25.3. The molecule has 0 heterocycles. The van der Waals surface area contributed by atoms with E-state index in [1.54, 1.807) is 5.57 Å². The highest BCUT2D eigenvalue weighted by atomic mass is 28.4. The molecule has 2 saturated carbocycles. The topological polar surface area (TPSA) is 27.7 Å². The van der Waals surface area contributed by atoms with Gasteiger partial charge in [-0.1, -0.05) is 25.5 Å². The maximum atomic E-state index is 6.94. The van der Waals surface area contributed by atoms with E-state index in [0.29, 0.717) is 23.4 Å². The normalized spacial score (nSPS) is 40.6. The average Bonchev–Trinajstić information content (AvgIpc) is 2.90. The average molecular weight is 521 g/mol. The zero-order valence-electron chi connectivity index (χ0n) is 24.0. The van der Waals surface area contributed by atoms with Gasteiger partial charge in [0.25, 0.3) is 0 Å². The molecule has 4 aliphatic rings. The highest BCUT2D eigenvalue weighted by Gasteiger charge is 2.60. The van der Waals surface area contributed by atoms with E-state index in [1.807, 2.05) is 0 Å². The first kappa shape index (κ1) is 26.9. The van der Waals surface area contributed by atoms with Crippen LogP contribution >= 0.6 is 0 Å². The third-order valence-corrected chi connectivity index (χ3v) is 11.8. The molecule has 4 aliphatic carbocycles. The lowest BCUT2D eigenvalue weighted by molar-refractivity contribution is -0.0631. The summed E-state index contributed by atoms with van der Waals surface area (Å²) in [6.45, 7) is 26.0. The summed E-state index contributed by atoms with van der Waals surface area (Å²) in [5, 5.41) is 0. The first-order valence-electron chi connectivity index (χ1n) is 13.9. The van der Waals surface area contributed by atoms with Crippen LogP contribution in [0.2, 0.25) is 58.9 Å². The molecule has 0 aromatic heterocycles. The van der Waals surface area contributed by atoms with Crippen molar-refractivity contribution in [2.75, 3.05) is 0 Å². The summed E-state index contributed by atoms with van der Waals surface area (Å²) in [5.74, 6) is 3.22. The van der Waals surface area contributed by atoms with Crippen LogP contribution in [-0.2, 0) is 13.3 Å². The maximum Gasteiger partial charge on any atom is 0.241 e. The van der Waals surface area contributed by atoms with E-state index >= 15 is 0 Å². The van der Waals surface area contributed by atoms with Gasteiger partial charge in [-0.05, 0) is 127 Å². The fourth-order valence-electron chi connectivity index (χ4n) is 7.71. The summed E-state index contributed by atoms with van der Waals surface area (Å²) < 4.78 is 20.3. The van der Waals surface area contributed by atoms with Gasteiger partial charge in [0.15, 0.2) is 16.6 Å². The predicted molar refractivity (Wildman–Crippen MR) is 151 cm³/mol. The van der Waals surface area contributed by atoms with Crippen molar-refractivity contribution in [3.8, 4) is 0 Å². The van der Waals surface area contributed by atoms with Gasteiger partial charge in [-0.3, -0.25) is 0 Å². The molecule has 0 radical (unpaired) electrons. The highest BCUT2D eigenvalue weighted by molar-refractivity contribution is 6.70. The van der Waals surface area contributed by atoms with Crippen LogP contribution in [0, 0.1) is 28.6 Å². The van der Waals surface area contributed by atoms with Crippen molar-refractivity contribution in [3.05, 3.63) is 23.5 Å². The van der Waals surface area contributed by atoms with Crippen LogP contribution in [0.4, 0.5) is 0 Å². The monoisotopic (exact) mass is 520 g/mol. The minimum Gasteiger partial charge on any atom is -0.546 e. The molecule has 0 amide bonds. The summed E-state index contributed by atoms with van der Waals surface area (Å²) in [6.07, 6.45) is 13.2. The second-order valence-electron chi connectivity index (χ2n) is 15.2. The Bertz CT molecular complexity index is 846. The lowest BCUT2D eigenvalue weighted by Gasteiger charge is -2.58.